The zero-order valence-corrected chi connectivity index (χ0v) is 11.0. The molecule has 0 spiro atoms. The Morgan fingerprint density at radius 1 is 1.31 bits per heavy atom. The summed E-state index contributed by atoms with van der Waals surface area (Å²) in [7, 11) is 3.85. The summed E-state index contributed by atoms with van der Waals surface area (Å²) in [6, 6.07) is 0.511. The van der Waals surface area contributed by atoms with Crippen molar-refractivity contribution in [2.75, 3.05) is 47.0 Å². The van der Waals surface area contributed by atoms with Gasteiger partial charge in [-0.25, -0.2) is 0 Å². The number of likely N-dealkylation sites (N-methyl/N-ethyl adjacent to an activating group) is 1. The molecular formula is C12H28N2O2. The lowest BCUT2D eigenvalue weighted by atomic mass is 10.2. The predicted molar refractivity (Wildman–Crippen MR) is 67.8 cm³/mol. The molecule has 0 rings (SSSR count). The van der Waals surface area contributed by atoms with Crippen molar-refractivity contribution in [2.24, 2.45) is 0 Å². The van der Waals surface area contributed by atoms with Gasteiger partial charge in [-0.05, 0) is 46.3 Å². The Kier molecular flexibility index (Phi) is 11.2. The molecule has 98 valence electrons. The van der Waals surface area contributed by atoms with E-state index in [-0.39, 0.29) is 0 Å². The number of hydrogen-bond donors (Lipinski definition) is 2. The molecule has 4 heteroatoms. The molecule has 0 fully saturated rings. The van der Waals surface area contributed by atoms with Crippen LogP contribution in [0.2, 0.25) is 0 Å². The molecule has 1 atom stereocenters. The molecule has 0 saturated carbocycles. The number of nitrogens with zero attached hydrogens (tertiary/aromatic N) is 1. The third-order valence-electron chi connectivity index (χ3n) is 2.68. The van der Waals surface area contributed by atoms with E-state index in [1.54, 1.807) is 7.11 Å². The van der Waals surface area contributed by atoms with Gasteiger partial charge in [0.25, 0.3) is 0 Å². The third-order valence-corrected chi connectivity index (χ3v) is 2.68. The minimum atomic E-state index is 0.297. The molecule has 1 unspecified atom stereocenters. The average Bonchev–Trinajstić information content (AvgIpc) is 2.29. The molecule has 0 radical (unpaired) electrons. The van der Waals surface area contributed by atoms with Gasteiger partial charge < -0.3 is 20.1 Å². The number of rotatable bonds is 11. The number of aliphatic hydroxyl groups is 1. The summed E-state index contributed by atoms with van der Waals surface area (Å²) < 4.78 is 5.02. The van der Waals surface area contributed by atoms with Gasteiger partial charge in [-0.2, -0.15) is 0 Å². The largest absolute Gasteiger partial charge is 0.396 e. The molecule has 0 aromatic heterocycles. The van der Waals surface area contributed by atoms with E-state index >= 15 is 0 Å². The van der Waals surface area contributed by atoms with Crippen LogP contribution in [-0.4, -0.2) is 63.1 Å². The molecule has 0 aliphatic heterocycles. The first-order valence-electron chi connectivity index (χ1n) is 6.22. The Morgan fingerprint density at radius 3 is 2.69 bits per heavy atom. The fraction of sp³-hybridized carbons (Fsp3) is 1.00. The first-order valence-corrected chi connectivity index (χ1v) is 6.22. The van der Waals surface area contributed by atoms with Crippen LogP contribution in [0.25, 0.3) is 0 Å². The first kappa shape index (κ1) is 15.8. The van der Waals surface area contributed by atoms with Crippen LogP contribution in [0, 0.1) is 0 Å². The van der Waals surface area contributed by atoms with E-state index in [1.165, 1.54) is 0 Å². The number of hydrogen-bond acceptors (Lipinski definition) is 4. The SMILES string of the molecule is COCCN(C)CCCNC(C)CCCO. The minimum Gasteiger partial charge on any atom is -0.396 e. The third kappa shape index (κ3) is 10.4. The second kappa shape index (κ2) is 11.3. The summed E-state index contributed by atoms with van der Waals surface area (Å²) in [5.41, 5.74) is 0. The van der Waals surface area contributed by atoms with Crippen LogP contribution in [-0.2, 0) is 4.74 Å². The highest BCUT2D eigenvalue weighted by molar-refractivity contribution is 4.61. The maximum absolute atomic E-state index is 8.70. The van der Waals surface area contributed by atoms with Gasteiger partial charge in [0.1, 0.15) is 0 Å². The van der Waals surface area contributed by atoms with E-state index < -0.39 is 0 Å². The van der Waals surface area contributed by atoms with Crippen molar-refractivity contribution in [3.8, 4) is 0 Å². The summed E-state index contributed by atoms with van der Waals surface area (Å²) >= 11 is 0. The molecule has 0 aliphatic carbocycles. The van der Waals surface area contributed by atoms with Gasteiger partial charge in [0.05, 0.1) is 6.61 Å². The highest BCUT2D eigenvalue weighted by Gasteiger charge is 2.01. The molecule has 0 heterocycles. The Hall–Kier alpha value is -0.160. The maximum atomic E-state index is 8.70. The molecule has 0 aromatic carbocycles. The van der Waals surface area contributed by atoms with Gasteiger partial charge in [-0.15, -0.1) is 0 Å². The molecule has 16 heavy (non-hydrogen) atoms. The van der Waals surface area contributed by atoms with Crippen LogP contribution in [0.3, 0.4) is 0 Å². The van der Waals surface area contributed by atoms with Crippen molar-refractivity contribution in [1.29, 1.82) is 0 Å². The van der Waals surface area contributed by atoms with Crippen LogP contribution in [0.5, 0.6) is 0 Å². The van der Waals surface area contributed by atoms with Crippen LogP contribution in [0.1, 0.15) is 26.2 Å². The van der Waals surface area contributed by atoms with E-state index in [0.717, 1.165) is 45.5 Å². The van der Waals surface area contributed by atoms with Gasteiger partial charge in [0.15, 0.2) is 0 Å². The van der Waals surface area contributed by atoms with E-state index in [2.05, 4.69) is 24.2 Å². The first-order chi connectivity index (χ1) is 7.70. The van der Waals surface area contributed by atoms with E-state index in [9.17, 15) is 0 Å². The molecule has 0 saturated heterocycles. The van der Waals surface area contributed by atoms with Gasteiger partial charge in [-0.3, -0.25) is 0 Å². The molecule has 0 bridgehead atoms. The molecule has 2 N–H and O–H groups in total. The summed E-state index contributed by atoms with van der Waals surface area (Å²) in [6.45, 7) is 6.41. The summed E-state index contributed by atoms with van der Waals surface area (Å²) in [4.78, 5) is 2.28. The van der Waals surface area contributed by atoms with E-state index in [0.29, 0.717) is 12.6 Å². The van der Waals surface area contributed by atoms with Crippen LogP contribution < -0.4 is 5.32 Å². The quantitative estimate of drug-likeness (QED) is 0.515. The van der Waals surface area contributed by atoms with Crippen molar-refractivity contribution in [3.05, 3.63) is 0 Å². The highest BCUT2D eigenvalue weighted by Crippen LogP contribution is 1.95. The lowest BCUT2D eigenvalue weighted by Gasteiger charge is -2.17. The van der Waals surface area contributed by atoms with Gasteiger partial charge in [-0.1, -0.05) is 0 Å². The zero-order chi connectivity index (χ0) is 12.2. The van der Waals surface area contributed by atoms with Crippen LogP contribution in [0.15, 0.2) is 0 Å². The number of aliphatic hydroxyl groups excluding tert-OH is 1. The van der Waals surface area contributed by atoms with Gasteiger partial charge in [0, 0.05) is 26.3 Å². The fourth-order valence-electron chi connectivity index (χ4n) is 1.56. The standard InChI is InChI=1S/C12H28N2O2/c1-12(6-4-10-15)13-7-5-8-14(2)9-11-16-3/h12-13,15H,4-11H2,1-3H3. The predicted octanol–water partition coefficient (Wildman–Crippen LogP) is 0.705. The Labute approximate surface area is 100.0 Å². The average molecular weight is 232 g/mol. The van der Waals surface area contributed by atoms with Crippen molar-refractivity contribution < 1.29 is 9.84 Å². The topological polar surface area (TPSA) is 44.7 Å². The van der Waals surface area contributed by atoms with Crippen LogP contribution >= 0.6 is 0 Å². The lowest BCUT2D eigenvalue weighted by molar-refractivity contribution is 0.160. The molecule has 0 amide bonds. The van der Waals surface area contributed by atoms with Crippen molar-refractivity contribution in [3.63, 3.8) is 0 Å². The van der Waals surface area contributed by atoms with E-state index in [1.807, 2.05) is 0 Å². The smallest absolute Gasteiger partial charge is 0.0589 e. The zero-order valence-electron chi connectivity index (χ0n) is 11.0. The Balaban J connectivity index is 3.24. The van der Waals surface area contributed by atoms with E-state index in [4.69, 9.17) is 9.84 Å². The molecular weight excluding hydrogens is 204 g/mol. The molecule has 4 nitrogen and oxygen atoms in total. The lowest BCUT2D eigenvalue weighted by Crippen LogP contribution is -2.31. The summed E-state index contributed by atoms with van der Waals surface area (Å²) in [5.74, 6) is 0. The van der Waals surface area contributed by atoms with Gasteiger partial charge in [0.2, 0.25) is 0 Å². The van der Waals surface area contributed by atoms with Crippen molar-refractivity contribution in [2.45, 2.75) is 32.2 Å². The number of nitrogens with one attached hydrogen (secondary N) is 1. The minimum absolute atomic E-state index is 0.297. The monoisotopic (exact) mass is 232 g/mol. The Morgan fingerprint density at radius 2 is 2.06 bits per heavy atom. The second-order valence-corrected chi connectivity index (χ2v) is 4.37. The number of methoxy groups -OCH3 is 1. The normalized spacial score (nSPS) is 13.3. The van der Waals surface area contributed by atoms with Crippen LogP contribution in [0.4, 0.5) is 0 Å². The molecule has 0 aromatic rings. The second-order valence-electron chi connectivity index (χ2n) is 4.37. The summed E-state index contributed by atoms with van der Waals surface area (Å²) in [6.07, 6.45) is 3.10. The fourth-order valence-corrected chi connectivity index (χ4v) is 1.56. The maximum Gasteiger partial charge on any atom is 0.0589 e. The summed E-state index contributed by atoms with van der Waals surface area (Å²) in [5, 5.41) is 12.2. The number of ether oxygens (including phenoxy) is 1. The highest BCUT2D eigenvalue weighted by atomic mass is 16.5. The van der Waals surface area contributed by atoms with Crippen molar-refractivity contribution >= 4 is 0 Å². The Bertz CT molecular complexity index is 129. The molecule has 0 aliphatic rings. The van der Waals surface area contributed by atoms with Crippen molar-refractivity contribution in [1.82, 2.24) is 10.2 Å². The van der Waals surface area contributed by atoms with Gasteiger partial charge >= 0.3 is 0 Å².